The molecule has 0 atom stereocenters. The molecule has 3 heteroatoms. The number of halogens is 1. The molecule has 0 aliphatic heterocycles. The molecule has 0 N–H and O–H groups in total. The summed E-state index contributed by atoms with van der Waals surface area (Å²) in [6.07, 6.45) is 0. The molecule has 0 aliphatic rings. The van der Waals surface area contributed by atoms with Gasteiger partial charge in [0.25, 0.3) is 0 Å². The van der Waals surface area contributed by atoms with Gasteiger partial charge in [-0.1, -0.05) is 102 Å². The van der Waals surface area contributed by atoms with Crippen molar-refractivity contribution >= 4 is 36.7 Å². The molecule has 2 aromatic rings. The molecule has 2 rings (SSSR count). The van der Waals surface area contributed by atoms with E-state index in [1.54, 1.807) is 0 Å². The fourth-order valence-corrected chi connectivity index (χ4v) is 25.3. The molecule has 0 aliphatic carbocycles. The van der Waals surface area contributed by atoms with E-state index in [9.17, 15) is 0 Å². The predicted octanol–water partition coefficient (Wildman–Crippen LogP) is 5.16. The topological polar surface area (TPSA) is 0 Å². The summed E-state index contributed by atoms with van der Waals surface area (Å²) in [5.41, 5.74) is 0. The number of rotatable bonds is 3. The van der Waals surface area contributed by atoms with Crippen molar-refractivity contribution < 1.29 is 0 Å². The van der Waals surface area contributed by atoms with Crippen LogP contribution in [-0.2, 0) is 0 Å². The minimum atomic E-state index is -2.33. The third kappa shape index (κ3) is 3.81. The molecule has 0 saturated carbocycles. The third-order valence-electron chi connectivity index (χ3n) is 4.19. The molecular formula is C20H28ClSi2. The molecule has 0 nitrogen and oxygen atoms in total. The average Bonchev–Trinajstić information content (AvgIpc) is 2.46. The van der Waals surface area contributed by atoms with Crippen molar-refractivity contribution in [3.63, 3.8) is 0 Å². The zero-order chi connectivity index (χ0) is 17.3. The quantitative estimate of drug-likeness (QED) is 0.524. The van der Waals surface area contributed by atoms with Crippen molar-refractivity contribution in [1.29, 1.82) is 0 Å². The highest BCUT2D eigenvalue weighted by Crippen LogP contribution is 2.47. The van der Waals surface area contributed by atoms with Gasteiger partial charge in [-0.15, -0.1) is 0 Å². The van der Waals surface area contributed by atoms with Crippen molar-refractivity contribution in [2.75, 3.05) is 0 Å². The molecule has 123 valence electrons. The van der Waals surface area contributed by atoms with Gasteiger partial charge in [0.05, 0.1) is 8.31 Å². The first-order chi connectivity index (χ1) is 10.6. The van der Waals surface area contributed by atoms with Gasteiger partial charge in [-0.3, -0.25) is 0 Å². The maximum Gasteiger partial charge on any atom is 0.204 e. The lowest BCUT2D eigenvalue weighted by molar-refractivity contribution is 0.658. The second kappa shape index (κ2) is 6.58. The van der Waals surface area contributed by atoms with Crippen LogP contribution >= 0.6 is 11.1 Å². The van der Waals surface area contributed by atoms with E-state index >= 15 is 0 Å². The largest absolute Gasteiger partial charge is 0.204 e. The summed E-state index contributed by atoms with van der Waals surface area (Å²) in [4.78, 5) is 0. The van der Waals surface area contributed by atoms with Crippen LogP contribution in [0.25, 0.3) is 0 Å². The van der Waals surface area contributed by atoms with Gasteiger partial charge < -0.3 is 0 Å². The smallest absolute Gasteiger partial charge is 0.159 e. The van der Waals surface area contributed by atoms with E-state index in [4.69, 9.17) is 11.1 Å². The maximum atomic E-state index is 7.71. The van der Waals surface area contributed by atoms with Crippen LogP contribution in [0.1, 0.15) is 41.5 Å². The van der Waals surface area contributed by atoms with Crippen LogP contribution in [0.15, 0.2) is 60.7 Å². The molecule has 0 fully saturated rings. The molecule has 0 spiro atoms. The SMILES string of the molecule is CC(C)(C)[Si](C(C)(C)C)[Si](Cl)(c1ccccc1)c1ccccc1. The average molecular weight is 360 g/mol. The predicted molar refractivity (Wildman–Crippen MR) is 109 cm³/mol. The van der Waals surface area contributed by atoms with E-state index in [0.717, 1.165) is 0 Å². The highest BCUT2D eigenvalue weighted by Gasteiger charge is 2.54. The Morgan fingerprint density at radius 2 is 0.957 bits per heavy atom. The van der Waals surface area contributed by atoms with Crippen molar-refractivity contribution in [3.05, 3.63) is 60.7 Å². The van der Waals surface area contributed by atoms with Crippen molar-refractivity contribution in [3.8, 4) is 0 Å². The van der Waals surface area contributed by atoms with Crippen LogP contribution in [0, 0.1) is 0 Å². The zero-order valence-electron chi connectivity index (χ0n) is 15.2. The summed E-state index contributed by atoms with van der Waals surface area (Å²) in [5.74, 6) is 0. The van der Waals surface area contributed by atoms with Gasteiger partial charge in [-0.05, 0) is 20.4 Å². The Morgan fingerprint density at radius 1 is 0.652 bits per heavy atom. The molecule has 0 aromatic heterocycles. The Kier molecular flexibility index (Phi) is 5.29. The van der Waals surface area contributed by atoms with E-state index < -0.39 is 15.2 Å². The third-order valence-corrected chi connectivity index (χ3v) is 21.4. The lowest BCUT2D eigenvalue weighted by Gasteiger charge is -2.48. The molecular weight excluding hydrogens is 332 g/mol. The van der Waals surface area contributed by atoms with Crippen LogP contribution < -0.4 is 10.4 Å². The zero-order valence-corrected chi connectivity index (χ0v) is 17.9. The fourth-order valence-electron chi connectivity index (χ4n) is 3.95. The second-order valence-electron chi connectivity index (χ2n) is 8.27. The van der Waals surface area contributed by atoms with Gasteiger partial charge in [-0.2, -0.15) is 11.1 Å². The second-order valence-corrected chi connectivity index (χ2v) is 20.9. The Morgan fingerprint density at radius 3 is 1.22 bits per heavy atom. The first-order valence-corrected chi connectivity index (χ1v) is 13.8. The van der Waals surface area contributed by atoms with E-state index in [2.05, 4.69) is 102 Å². The monoisotopic (exact) mass is 359 g/mol. The maximum absolute atomic E-state index is 7.71. The summed E-state index contributed by atoms with van der Waals surface area (Å²) in [5, 5.41) is 3.16. The molecule has 0 bridgehead atoms. The first kappa shape index (κ1) is 18.5. The number of benzene rings is 2. The summed E-state index contributed by atoms with van der Waals surface area (Å²) in [6.45, 7) is 11.9. The molecule has 23 heavy (non-hydrogen) atoms. The minimum Gasteiger partial charge on any atom is -0.159 e. The first-order valence-electron chi connectivity index (χ1n) is 8.26. The standard InChI is InChI=1S/C20H28ClSi2/c1-19(2,3)22(20(4,5)6)23(21,17-13-9-7-10-14-17)18-15-11-8-12-16-18/h7-16H,1-6H3. The molecule has 2 aromatic carbocycles. The van der Waals surface area contributed by atoms with Gasteiger partial charge in [0, 0.05) is 0 Å². The summed E-state index contributed by atoms with van der Waals surface area (Å²) in [7, 11) is -0.913. The Labute approximate surface area is 149 Å². The fraction of sp³-hybridized carbons (Fsp3) is 0.400. The van der Waals surface area contributed by atoms with E-state index in [1.807, 2.05) is 0 Å². The molecule has 0 heterocycles. The van der Waals surface area contributed by atoms with E-state index in [1.165, 1.54) is 10.4 Å². The summed E-state index contributed by atoms with van der Waals surface area (Å²) < 4.78 is 0. The Hall–Kier alpha value is -0.836. The van der Waals surface area contributed by atoms with Crippen molar-refractivity contribution in [1.82, 2.24) is 0 Å². The van der Waals surface area contributed by atoms with Gasteiger partial charge in [0.15, 0.2) is 0 Å². The van der Waals surface area contributed by atoms with Gasteiger partial charge in [0.1, 0.15) is 0 Å². The highest BCUT2D eigenvalue weighted by atomic mass is 35.6. The molecule has 0 unspecified atom stereocenters. The van der Waals surface area contributed by atoms with Crippen LogP contribution in [-0.4, -0.2) is 15.2 Å². The summed E-state index contributed by atoms with van der Waals surface area (Å²) >= 11 is 7.71. The van der Waals surface area contributed by atoms with Crippen molar-refractivity contribution in [2.24, 2.45) is 0 Å². The lowest BCUT2D eigenvalue weighted by Crippen LogP contribution is -2.70. The normalized spacial score (nSPS) is 13.4. The van der Waals surface area contributed by atoms with Crippen LogP contribution in [0.2, 0.25) is 10.1 Å². The molecule has 0 amide bonds. The minimum absolute atomic E-state index is 0.225. The van der Waals surface area contributed by atoms with Crippen LogP contribution in [0.3, 0.4) is 0 Å². The number of hydrogen-bond acceptors (Lipinski definition) is 0. The van der Waals surface area contributed by atoms with Crippen LogP contribution in [0.5, 0.6) is 0 Å². The molecule has 0 saturated heterocycles. The van der Waals surface area contributed by atoms with Gasteiger partial charge >= 0.3 is 0 Å². The van der Waals surface area contributed by atoms with Gasteiger partial charge in [0.2, 0.25) is 6.90 Å². The number of hydrogen-bond donors (Lipinski definition) is 0. The highest BCUT2D eigenvalue weighted by molar-refractivity contribution is 7.64. The lowest BCUT2D eigenvalue weighted by atomic mass is 10.2. The van der Waals surface area contributed by atoms with Gasteiger partial charge in [-0.25, -0.2) is 0 Å². The Bertz CT molecular complexity index is 571. The Balaban J connectivity index is 2.77. The summed E-state index contributed by atoms with van der Waals surface area (Å²) in [6, 6.07) is 21.7. The molecule has 1 radical (unpaired) electrons. The van der Waals surface area contributed by atoms with E-state index in [0.29, 0.717) is 0 Å². The van der Waals surface area contributed by atoms with Crippen molar-refractivity contribution in [2.45, 2.75) is 51.6 Å². The van der Waals surface area contributed by atoms with E-state index in [-0.39, 0.29) is 10.1 Å². The van der Waals surface area contributed by atoms with Crippen LogP contribution in [0.4, 0.5) is 0 Å².